The molecule has 6 rings (SSSR count). The molecule has 0 spiro atoms. The molecule has 0 radical (unpaired) electrons. The first-order chi connectivity index (χ1) is 20.3. The summed E-state index contributed by atoms with van der Waals surface area (Å²) in [6.07, 6.45) is 6.52. The van der Waals surface area contributed by atoms with E-state index in [-0.39, 0.29) is 17.7 Å². The van der Waals surface area contributed by atoms with Crippen LogP contribution in [0.15, 0.2) is 40.6 Å². The van der Waals surface area contributed by atoms with Crippen LogP contribution < -0.4 is 5.56 Å². The van der Waals surface area contributed by atoms with Crippen LogP contribution >= 0.6 is 22.9 Å². The van der Waals surface area contributed by atoms with Gasteiger partial charge in [-0.3, -0.25) is 19.2 Å². The second-order valence-electron chi connectivity index (χ2n) is 10.8. The molecule has 1 aromatic carbocycles. The van der Waals surface area contributed by atoms with Crippen LogP contribution in [0.3, 0.4) is 0 Å². The van der Waals surface area contributed by atoms with Crippen LogP contribution in [-0.2, 0) is 24.1 Å². The van der Waals surface area contributed by atoms with Crippen molar-refractivity contribution >= 4 is 39.1 Å². The van der Waals surface area contributed by atoms with Crippen LogP contribution in [0.2, 0.25) is 5.02 Å². The van der Waals surface area contributed by atoms with Gasteiger partial charge in [-0.15, -0.1) is 11.3 Å². The van der Waals surface area contributed by atoms with E-state index in [1.807, 2.05) is 25.1 Å². The SMILES string of the molecule is COC1CCN([C@H]2CCc3nc(C)n(CC#Cc4ccc(Cl)cc4-c4ccnc5c(C(=O)O)csc45)c(=O)c3C2)CC1. The number of thiophene rings is 1. The van der Waals surface area contributed by atoms with Crippen molar-refractivity contribution in [2.75, 3.05) is 20.2 Å². The van der Waals surface area contributed by atoms with Crippen molar-refractivity contribution in [3.8, 4) is 23.0 Å². The normalized spacial score (nSPS) is 17.5. The van der Waals surface area contributed by atoms with E-state index in [0.717, 1.165) is 71.4 Å². The first-order valence-corrected chi connectivity index (χ1v) is 15.3. The van der Waals surface area contributed by atoms with E-state index in [1.165, 1.54) is 11.3 Å². The van der Waals surface area contributed by atoms with Gasteiger partial charge >= 0.3 is 5.97 Å². The molecule has 42 heavy (non-hydrogen) atoms. The van der Waals surface area contributed by atoms with Gasteiger partial charge in [-0.1, -0.05) is 23.4 Å². The molecule has 0 amide bonds. The van der Waals surface area contributed by atoms with Crippen molar-refractivity contribution in [2.45, 2.75) is 57.7 Å². The Balaban J connectivity index is 1.28. The maximum Gasteiger partial charge on any atom is 0.338 e. The smallest absolute Gasteiger partial charge is 0.338 e. The number of aromatic carboxylic acids is 1. The zero-order chi connectivity index (χ0) is 29.4. The lowest BCUT2D eigenvalue weighted by molar-refractivity contribution is 0.0248. The third-order valence-corrected chi connectivity index (χ3v) is 9.67. The van der Waals surface area contributed by atoms with Crippen molar-refractivity contribution in [3.63, 3.8) is 0 Å². The second kappa shape index (κ2) is 12.0. The van der Waals surface area contributed by atoms with Gasteiger partial charge in [0.1, 0.15) is 5.82 Å². The molecular formula is C32H31ClN4O4S. The van der Waals surface area contributed by atoms with Gasteiger partial charge in [-0.2, -0.15) is 0 Å². The molecule has 1 atom stereocenters. The molecule has 0 saturated carbocycles. The Kier molecular flexibility index (Phi) is 8.15. The van der Waals surface area contributed by atoms with Gasteiger partial charge in [0, 0.05) is 65.1 Å². The number of nitrogens with zero attached hydrogens (tertiary/aromatic N) is 4. The number of likely N-dealkylation sites (tertiary alicyclic amines) is 1. The summed E-state index contributed by atoms with van der Waals surface area (Å²) < 4.78 is 7.96. The Labute approximate surface area is 252 Å². The Morgan fingerprint density at radius 2 is 2.02 bits per heavy atom. The van der Waals surface area contributed by atoms with E-state index in [2.05, 4.69) is 21.7 Å². The number of carboxylic acid groups (broad SMARTS) is 1. The van der Waals surface area contributed by atoms with Gasteiger partial charge in [0.15, 0.2) is 0 Å². The Bertz CT molecular complexity index is 1800. The quantitative estimate of drug-likeness (QED) is 0.314. The fourth-order valence-electron chi connectivity index (χ4n) is 6.14. The Hall–Kier alpha value is -3.55. The van der Waals surface area contributed by atoms with Crippen LogP contribution in [-0.4, -0.2) is 62.9 Å². The topological polar surface area (TPSA) is 97.6 Å². The molecule has 8 nitrogen and oxygen atoms in total. The van der Waals surface area contributed by atoms with E-state index in [4.69, 9.17) is 21.3 Å². The average molecular weight is 603 g/mol. The third kappa shape index (κ3) is 5.48. The molecule has 1 N–H and O–H groups in total. The minimum Gasteiger partial charge on any atom is -0.478 e. The molecule has 1 saturated heterocycles. The highest BCUT2D eigenvalue weighted by molar-refractivity contribution is 7.18. The molecule has 2 aliphatic rings. The highest BCUT2D eigenvalue weighted by Gasteiger charge is 2.30. The number of aromatic nitrogens is 3. The molecule has 216 valence electrons. The van der Waals surface area contributed by atoms with E-state index in [1.54, 1.807) is 29.3 Å². The van der Waals surface area contributed by atoms with Crippen LogP contribution in [0, 0.1) is 18.8 Å². The van der Waals surface area contributed by atoms with Gasteiger partial charge in [0.05, 0.1) is 34.1 Å². The molecule has 1 aliphatic heterocycles. The number of ether oxygens (including phenoxy) is 1. The van der Waals surface area contributed by atoms with Crippen molar-refractivity contribution in [2.24, 2.45) is 0 Å². The molecule has 4 heterocycles. The molecule has 0 bridgehead atoms. The van der Waals surface area contributed by atoms with Crippen molar-refractivity contribution in [1.29, 1.82) is 0 Å². The van der Waals surface area contributed by atoms with Crippen LogP contribution in [0.5, 0.6) is 0 Å². The summed E-state index contributed by atoms with van der Waals surface area (Å²) >= 11 is 7.71. The lowest BCUT2D eigenvalue weighted by Crippen LogP contribution is -2.47. The van der Waals surface area contributed by atoms with Gasteiger partial charge in [-0.05, 0) is 63.3 Å². The van der Waals surface area contributed by atoms with Crippen molar-refractivity contribution in [1.82, 2.24) is 19.4 Å². The number of piperidine rings is 1. The molecule has 3 aromatic heterocycles. The molecule has 10 heteroatoms. The number of hydrogen-bond donors (Lipinski definition) is 1. The number of benzene rings is 1. The summed E-state index contributed by atoms with van der Waals surface area (Å²) in [7, 11) is 1.78. The lowest BCUT2D eigenvalue weighted by Gasteiger charge is -2.39. The highest BCUT2D eigenvalue weighted by Crippen LogP contribution is 2.36. The minimum atomic E-state index is -1.02. The number of carbonyl (C=O) groups is 1. The fraction of sp³-hybridized carbons (Fsp3) is 0.375. The molecule has 1 fully saturated rings. The van der Waals surface area contributed by atoms with Crippen LogP contribution in [0.1, 0.15) is 52.3 Å². The summed E-state index contributed by atoms with van der Waals surface area (Å²) in [5, 5.41) is 11.7. The Morgan fingerprint density at radius 3 is 2.79 bits per heavy atom. The second-order valence-corrected chi connectivity index (χ2v) is 12.1. The number of halogens is 1. The van der Waals surface area contributed by atoms with Crippen LogP contribution in [0.4, 0.5) is 0 Å². The maximum atomic E-state index is 13.7. The van der Waals surface area contributed by atoms with Crippen LogP contribution in [0.25, 0.3) is 21.3 Å². The molecular weight excluding hydrogens is 572 g/mol. The van der Waals surface area contributed by atoms with Gasteiger partial charge < -0.3 is 9.84 Å². The highest BCUT2D eigenvalue weighted by atomic mass is 35.5. The number of pyridine rings is 1. The summed E-state index contributed by atoms with van der Waals surface area (Å²) in [5.41, 5.74) is 4.66. The lowest BCUT2D eigenvalue weighted by atomic mass is 9.90. The molecule has 1 aliphatic carbocycles. The predicted molar refractivity (Wildman–Crippen MR) is 165 cm³/mol. The monoisotopic (exact) mass is 602 g/mol. The number of aryl methyl sites for hydroxylation is 2. The summed E-state index contributed by atoms with van der Waals surface area (Å²) in [6.45, 7) is 4.07. The van der Waals surface area contributed by atoms with Gasteiger partial charge in [0.25, 0.3) is 5.56 Å². The summed E-state index contributed by atoms with van der Waals surface area (Å²) in [4.78, 5) is 37.0. The first kappa shape index (κ1) is 28.6. The number of fused-ring (bicyclic) bond motifs is 2. The maximum absolute atomic E-state index is 13.7. The number of carboxylic acids is 1. The van der Waals surface area contributed by atoms with Crippen molar-refractivity contribution in [3.05, 3.63) is 79.4 Å². The molecule has 4 aromatic rings. The zero-order valence-corrected chi connectivity index (χ0v) is 25.1. The van der Waals surface area contributed by atoms with E-state index < -0.39 is 5.97 Å². The number of rotatable bonds is 5. The number of hydrogen-bond acceptors (Lipinski definition) is 7. The fourth-order valence-corrected chi connectivity index (χ4v) is 7.34. The largest absolute Gasteiger partial charge is 0.478 e. The van der Waals surface area contributed by atoms with E-state index in [0.29, 0.717) is 34.9 Å². The minimum absolute atomic E-state index is 0.00441. The zero-order valence-electron chi connectivity index (χ0n) is 23.5. The summed E-state index contributed by atoms with van der Waals surface area (Å²) in [5.74, 6) is 6.08. The number of methoxy groups -OCH3 is 1. The average Bonchev–Trinajstić information content (AvgIpc) is 3.44. The summed E-state index contributed by atoms with van der Waals surface area (Å²) in [6, 6.07) is 7.64. The van der Waals surface area contributed by atoms with E-state index >= 15 is 0 Å². The Morgan fingerprint density at radius 1 is 1.21 bits per heavy atom. The third-order valence-electron chi connectivity index (χ3n) is 8.44. The predicted octanol–water partition coefficient (Wildman–Crippen LogP) is 5.20. The molecule has 0 unspecified atom stereocenters. The first-order valence-electron chi connectivity index (χ1n) is 14.1. The van der Waals surface area contributed by atoms with Gasteiger partial charge in [-0.25, -0.2) is 9.78 Å². The van der Waals surface area contributed by atoms with Gasteiger partial charge in [0.2, 0.25) is 0 Å². The van der Waals surface area contributed by atoms with E-state index in [9.17, 15) is 14.7 Å². The standard InChI is InChI=1S/C32H31ClN4O4S/c1-19-35-28-8-7-22(36-14-10-23(41-2)11-15-36)17-26(28)31(38)37(19)13-3-4-20-5-6-21(33)16-25(20)24-9-12-34-29-27(32(39)40)18-42-30(24)29/h5-6,9,12,16,18,22-23H,7-8,10-11,13-15,17H2,1-2H3,(H,39,40)/t22-/m0/s1. The van der Waals surface area contributed by atoms with Crippen molar-refractivity contribution < 1.29 is 14.6 Å².